The first-order valence-corrected chi connectivity index (χ1v) is 9.57. The quantitative estimate of drug-likeness (QED) is 0.544. The van der Waals surface area contributed by atoms with Crippen LogP contribution in [0.15, 0.2) is 95.0 Å². The summed E-state index contributed by atoms with van der Waals surface area (Å²) in [6.45, 7) is 6.76. The van der Waals surface area contributed by atoms with Crippen molar-refractivity contribution in [3.8, 4) is 5.75 Å². The zero-order valence-electron chi connectivity index (χ0n) is 16.5. The molecule has 3 aromatic rings. The van der Waals surface area contributed by atoms with E-state index in [1.165, 1.54) is 5.56 Å². The summed E-state index contributed by atoms with van der Waals surface area (Å²) in [7, 11) is 0. The highest BCUT2D eigenvalue weighted by molar-refractivity contribution is 6.12. The number of ether oxygens (including phenoxy) is 1. The fraction of sp³-hybridized carbons (Fsp3) is 0.120. The van der Waals surface area contributed by atoms with E-state index in [-0.39, 0.29) is 0 Å². The lowest BCUT2D eigenvalue weighted by Crippen LogP contribution is -2.22. The molecule has 144 valence electrons. The molecule has 3 aromatic carbocycles. The van der Waals surface area contributed by atoms with Gasteiger partial charge in [-0.3, -0.25) is 4.99 Å². The summed E-state index contributed by atoms with van der Waals surface area (Å²) in [5.41, 5.74) is 6.36. The second-order valence-electron chi connectivity index (χ2n) is 6.93. The molecule has 1 aliphatic rings. The molecule has 0 saturated heterocycles. The van der Waals surface area contributed by atoms with Crippen LogP contribution in [-0.4, -0.2) is 24.1 Å². The van der Waals surface area contributed by atoms with Crippen LogP contribution in [0, 0.1) is 6.92 Å². The normalized spacial score (nSPS) is 13.5. The number of aryl methyl sites for hydroxylation is 1. The summed E-state index contributed by atoms with van der Waals surface area (Å²) in [6.07, 6.45) is 2.06. The lowest BCUT2D eigenvalue weighted by molar-refractivity contribution is 0.306. The van der Waals surface area contributed by atoms with Gasteiger partial charge in [-0.15, -0.1) is 0 Å². The van der Waals surface area contributed by atoms with Gasteiger partial charge in [-0.05, 0) is 36.8 Å². The summed E-state index contributed by atoms with van der Waals surface area (Å²) >= 11 is 0. The number of benzene rings is 3. The van der Waals surface area contributed by atoms with E-state index in [2.05, 4.69) is 72.3 Å². The molecule has 0 saturated carbocycles. The van der Waals surface area contributed by atoms with Gasteiger partial charge in [0.05, 0.1) is 11.4 Å². The molecule has 0 radical (unpaired) electrons. The number of allylic oxidation sites excluding steroid dienone is 1. The zero-order chi connectivity index (χ0) is 20.1. The van der Waals surface area contributed by atoms with Gasteiger partial charge in [-0.2, -0.15) is 5.10 Å². The predicted octanol–water partition coefficient (Wildman–Crippen LogP) is 5.29. The smallest absolute Gasteiger partial charge is 0.132 e. The Labute approximate surface area is 171 Å². The van der Waals surface area contributed by atoms with Gasteiger partial charge < -0.3 is 4.74 Å². The Morgan fingerprint density at radius 1 is 0.966 bits per heavy atom. The molecule has 0 atom stereocenters. The Hall–Kier alpha value is -3.66. The summed E-state index contributed by atoms with van der Waals surface area (Å²) < 4.78 is 6.00. The first-order chi connectivity index (χ1) is 14.2. The first kappa shape index (κ1) is 18.7. The van der Waals surface area contributed by atoms with Crippen LogP contribution >= 0.6 is 0 Å². The minimum absolute atomic E-state index is 0.438. The molecule has 29 heavy (non-hydrogen) atoms. The average molecular weight is 381 g/mol. The van der Waals surface area contributed by atoms with Crippen molar-refractivity contribution in [2.45, 2.75) is 13.5 Å². The molecule has 0 unspecified atom stereocenters. The number of hydrogen-bond acceptors (Lipinski definition) is 4. The molecule has 4 nitrogen and oxygen atoms in total. The van der Waals surface area contributed by atoms with Gasteiger partial charge in [-0.25, -0.2) is 5.01 Å². The molecule has 1 aliphatic heterocycles. The third-order valence-electron chi connectivity index (χ3n) is 4.79. The number of nitrogens with zero attached hydrogens (tertiary/aromatic N) is 3. The molecular weight excluding hydrogens is 358 g/mol. The molecule has 4 rings (SSSR count). The number of hydrazone groups is 1. The SMILES string of the molecule is C=NN1CN=C(c2cccc(C)c2)C=C1c1cccc(OCc2ccccc2)c1. The zero-order valence-corrected chi connectivity index (χ0v) is 16.5. The maximum Gasteiger partial charge on any atom is 0.132 e. The van der Waals surface area contributed by atoms with Crippen LogP contribution in [0.3, 0.4) is 0 Å². The van der Waals surface area contributed by atoms with Crippen LogP contribution in [0.4, 0.5) is 0 Å². The summed E-state index contributed by atoms with van der Waals surface area (Å²) in [5.74, 6) is 0.816. The molecule has 0 aromatic heterocycles. The van der Waals surface area contributed by atoms with Crippen molar-refractivity contribution in [2.75, 3.05) is 6.67 Å². The average Bonchev–Trinajstić information content (AvgIpc) is 2.78. The Kier molecular flexibility index (Phi) is 5.52. The van der Waals surface area contributed by atoms with Gasteiger partial charge in [0, 0.05) is 17.8 Å². The summed E-state index contributed by atoms with van der Waals surface area (Å²) in [6, 6.07) is 26.6. The van der Waals surface area contributed by atoms with E-state index in [0.29, 0.717) is 13.3 Å². The van der Waals surface area contributed by atoms with E-state index in [0.717, 1.165) is 33.8 Å². The van der Waals surface area contributed by atoms with E-state index < -0.39 is 0 Å². The third kappa shape index (κ3) is 4.43. The predicted molar refractivity (Wildman–Crippen MR) is 119 cm³/mol. The van der Waals surface area contributed by atoms with Crippen LogP contribution in [-0.2, 0) is 6.61 Å². The van der Waals surface area contributed by atoms with Crippen molar-refractivity contribution in [3.63, 3.8) is 0 Å². The van der Waals surface area contributed by atoms with Crippen LogP contribution in [0.2, 0.25) is 0 Å². The van der Waals surface area contributed by atoms with Crippen molar-refractivity contribution in [2.24, 2.45) is 10.1 Å². The van der Waals surface area contributed by atoms with Crippen LogP contribution in [0.25, 0.3) is 5.70 Å². The molecule has 0 amide bonds. The molecular formula is C25H23N3O. The lowest BCUT2D eigenvalue weighted by Gasteiger charge is -2.25. The van der Waals surface area contributed by atoms with Gasteiger partial charge in [0.1, 0.15) is 19.0 Å². The minimum atomic E-state index is 0.438. The molecule has 1 heterocycles. The van der Waals surface area contributed by atoms with Crippen molar-refractivity contribution < 1.29 is 4.74 Å². The topological polar surface area (TPSA) is 37.2 Å². The van der Waals surface area contributed by atoms with Gasteiger partial charge in [0.25, 0.3) is 0 Å². The fourth-order valence-electron chi connectivity index (χ4n) is 3.29. The number of hydrogen-bond donors (Lipinski definition) is 0. The molecule has 0 bridgehead atoms. The van der Waals surface area contributed by atoms with E-state index in [9.17, 15) is 0 Å². The van der Waals surface area contributed by atoms with Crippen LogP contribution in [0.5, 0.6) is 5.75 Å². The Bertz CT molecular complexity index is 1070. The highest BCUT2D eigenvalue weighted by Gasteiger charge is 2.17. The molecule has 0 fully saturated rings. The van der Waals surface area contributed by atoms with Gasteiger partial charge in [-0.1, -0.05) is 66.2 Å². The van der Waals surface area contributed by atoms with Crippen molar-refractivity contribution in [1.29, 1.82) is 0 Å². The van der Waals surface area contributed by atoms with Gasteiger partial charge in [0.2, 0.25) is 0 Å². The van der Waals surface area contributed by atoms with E-state index in [1.54, 1.807) is 5.01 Å². The second-order valence-corrected chi connectivity index (χ2v) is 6.93. The van der Waals surface area contributed by atoms with Crippen molar-refractivity contribution >= 4 is 18.1 Å². The Morgan fingerprint density at radius 3 is 2.55 bits per heavy atom. The Morgan fingerprint density at radius 2 is 1.76 bits per heavy atom. The lowest BCUT2D eigenvalue weighted by atomic mass is 10.0. The molecule has 0 N–H and O–H groups in total. The summed E-state index contributed by atoms with van der Waals surface area (Å²) in [4.78, 5) is 4.67. The highest BCUT2D eigenvalue weighted by Crippen LogP contribution is 2.27. The van der Waals surface area contributed by atoms with Gasteiger partial charge >= 0.3 is 0 Å². The van der Waals surface area contributed by atoms with E-state index in [4.69, 9.17) is 4.74 Å². The van der Waals surface area contributed by atoms with E-state index in [1.807, 2.05) is 36.4 Å². The standard InChI is InChI=1S/C25H23N3O/c1-19-8-6-11-21(14-19)24-16-25(28(26-2)18-27-24)22-12-7-13-23(15-22)29-17-20-9-4-3-5-10-20/h3-16H,2,17-18H2,1H3. The summed E-state index contributed by atoms with van der Waals surface area (Å²) in [5, 5.41) is 5.94. The van der Waals surface area contributed by atoms with Crippen molar-refractivity contribution in [3.05, 3.63) is 107 Å². The second kappa shape index (κ2) is 8.57. The molecule has 0 spiro atoms. The van der Waals surface area contributed by atoms with E-state index >= 15 is 0 Å². The molecule has 4 heteroatoms. The minimum Gasteiger partial charge on any atom is -0.489 e. The maximum absolute atomic E-state index is 6.00. The Balaban J connectivity index is 1.61. The monoisotopic (exact) mass is 381 g/mol. The largest absolute Gasteiger partial charge is 0.489 e. The third-order valence-corrected chi connectivity index (χ3v) is 4.79. The maximum atomic E-state index is 6.00. The van der Waals surface area contributed by atoms with Crippen LogP contribution < -0.4 is 4.74 Å². The fourth-order valence-corrected chi connectivity index (χ4v) is 3.29. The van der Waals surface area contributed by atoms with Gasteiger partial charge in [0.15, 0.2) is 0 Å². The first-order valence-electron chi connectivity index (χ1n) is 9.57. The van der Waals surface area contributed by atoms with Crippen LogP contribution in [0.1, 0.15) is 22.3 Å². The number of aliphatic imine (C=N–C) groups is 1. The molecule has 0 aliphatic carbocycles. The van der Waals surface area contributed by atoms with Crippen molar-refractivity contribution in [1.82, 2.24) is 5.01 Å². The highest BCUT2D eigenvalue weighted by atomic mass is 16.5. The number of rotatable bonds is 6.